The van der Waals surface area contributed by atoms with E-state index < -0.39 is 0 Å². The number of nitrogens with zero attached hydrogens (tertiary/aromatic N) is 2. The summed E-state index contributed by atoms with van der Waals surface area (Å²) in [7, 11) is 0. The van der Waals surface area contributed by atoms with Gasteiger partial charge in [0.25, 0.3) is 0 Å². The lowest BCUT2D eigenvalue weighted by Gasteiger charge is -2.31. The maximum Gasteiger partial charge on any atom is 0.123 e. The molecule has 1 heterocycles. The van der Waals surface area contributed by atoms with Crippen LogP contribution in [0.15, 0.2) is 97.2 Å². The number of fused-ring (bicyclic) bond motifs is 3. The van der Waals surface area contributed by atoms with Crippen molar-refractivity contribution in [1.29, 1.82) is 5.26 Å². The molecular formula is C36H26ClFN2. The summed E-state index contributed by atoms with van der Waals surface area (Å²) in [5.74, 6) is 0.388. The Hall–Kier alpha value is -4.26. The summed E-state index contributed by atoms with van der Waals surface area (Å²) >= 11 is 6.24. The molecule has 1 aliphatic carbocycles. The van der Waals surface area contributed by atoms with Gasteiger partial charge in [0, 0.05) is 22.2 Å². The molecule has 1 fully saturated rings. The van der Waals surface area contributed by atoms with E-state index in [-0.39, 0.29) is 11.7 Å². The number of benzene rings is 5. The van der Waals surface area contributed by atoms with Crippen molar-refractivity contribution in [3.63, 3.8) is 0 Å². The van der Waals surface area contributed by atoms with Crippen LogP contribution in [0.3, 0.4) is 0 Å². The highest BCUT2D eigenvalue weighted by Crippen LogP contribution is 2.46. The quantitative estimate of drug-likeness (QED) is 0.209. The van der Waals surface area contributed by atoms with Gasteiger partial charge in [0.05, 0.1) is 11.1 Å². The van der Waals surface area contributed by atoms with Crippen molar-refractivity contribution < 1.29 is 4.39 Å². The van der Waals surface area contributed by atoms with E-state index in [4.69, 9.17) is 11.6 Å². The maximum absolute atomic E-state index is 14.1. The van der Waals surface area contributed by atoms with Gasteiger partial charge in [0.2, 0.25) is 0 Å². The minimum Gasteiger partial charge on any atom is -0.256 e. The van der Waals surface area contributed by atoms with Crippen LogP contribution < -0.4 is 0 Å². The molecule has 0 saturated heterocycles. The van der Waals surface area contributed by atoms with E-state index in [0.29, 0.717) is 10.9 Å². The largest absolute Gasteiger partial charge is 0.256 e. The minimum atomic E-state index is -0.229. The van der Waals surface area contributed by atoms with Gasteiger partial charge in [-0.3, -0.25) is 4.98 Å². The van der Waals surface area contributed by atoms with Gasteiger partial charge in [0.1, 0.15) is 11.9 Å². The van der Waals surface area contributed by atoms with E-state index in [0.717, 1.165) is 75.0 Å². The van der Waals surface area contributed by atoms with Crippen LogP contribution >= 0.6 is 11.6 Å². The fourth-order valence-corrected chi connectivity index (χ4v) is 6.81. The van der Waals surface area contributed by atoms with Gasteiger partial charge in [-0.2, -0.15) is 5.26 Å². The molecule has 0 spiro atoms. The van der Waals surface area contributed by atoms with Crippen LogP contribution in [-0.4, -0.2) is 4.98 Å². The zero-order chi connectivity index (χ0) is 27.2. The fourth-order valence-electron chi connectivity index (χ4n) is 6.68. The molecule has 0 bridgehead atoms. The van der Waals surface area contributed by atoms with Crippen LogP contribution in [0.25, 0.3) is 43.6 Å². The van der Waals surface area contributed by atoms with E-state index in [1.165, 1.54) is 17.0 Å². The number of nitriles is 1. The Kier molecular flexibility index (Phi) is 6.22. The lowest BCUT2D eigenvalue weighted by molar-refractivity contribution is 0.397. The maximum atomic E-state index is 14.1. The second kappa shape index (κ2) is 10.0. The number of aromatic nitrogens is 1. The van der Waals surface area contributed by atoms with Gasteiger partial charge >= 0.3 is 0 Å². The SMILES string of the molecule is N#Cc1c(C2CCC(c3ccnc4ccc(F)cc34)CC2)cc2cc3ccccc3cc2c1-c1ccc(Cl)cc1. The summed E-state index contributed by atoms with van der Waals surface area (Å²) in [5.41, 5.74) is 5.87. The first-order chi connectivity index (χ1) is 19.6. The Morgan fingerprint density at radius 2 is 1.43 bits per heavy atom. The Morgan fingerprint density at radius 3 is 2.15 bits per heavy atom. The summed E-state index contributed by atoms with van der Waals surface area (Å²) in [5, 5.41) is 16.7. The van der Waals surface area contributed by atoms with Crippen molar-refractivity contribution in [2.45, 2.75) is 37.5 Å². The Bertz CT molecular complexity index is 1950. The van der Waals surface area contributed by atoms with E-state index in [9.17, 15) is 9.65 Å². The highest BCUT2D eigenvalue weighted by molar-refractivity contribution is 6.30. The van der Waals surface area contributed by atoms with Crippen LogP contribution in [-0.2, 0) is 0 Å². The second-order valence-corrected chi connectivity index (χ2v) is 11.3. The molecule has 194 valence electrons. The van der Waals surface area contributed by atoms with Crippen LogP contribution in [0.5, 0.6) is 0 Å². The van der Waals surface area contributed by atoms with E-state index in [1.54, 1.807) is 12.1 Å². The molecule has 5 aromatic carbocycles. The fraction of sp³-hybridized carbons (Fsp3) is 0.167. The molecule has 6 aromatic rings. The molecule has 40 heavy (non-hydrogen) atoms. The third kappa shape index (κ3) is 4.30. The molecule has 7 rings (SSSR count). The van der Waals surface area contributed by atoms with Gasteiger partial charge < -0.3 is 0 Å². The molecule has 0 aliphatic heterocycles. The zero-order valence-electron chi connectivity index (χ0n) is 21.9. The average Bonchev–Trinajstić information content (AvgIpc) is 2.99. The first-order valence-electron chi connectivity index (χ1n) is 13.8. The number of halogens is 2. The smallest absolute Gasteiger partial charge is 0.123 e. The predicted octanol–water partition coefficient (Wildman–Crippen LogP) is 10.3. The van der Waals surface area contributed by atoms with Gasteiger partial charge in [-0.1, -0.05) is 48.0 Å². The summed E-state index contributed by atoms with van der Waals surface area (Å²) in [6.07, 6.45) is 5.74. The van der Waals surface area contributed by atoms with Gasteiger partial charge in [-0.25, -0.2) is 4.39 Å². The topological polar surface area (TPSA) is 36.7 Å². The van der Waals surface area contributed by atoms with Crippen molar-refractivity contribution in [1.82, 2.24) is 4.98 Å². The molecule has 0 radical (unpaired) electrons. The number of rotatable bonds is 3. The molecule has 1 aliphatic rings. The molecule has 4 heteroatoms. The van der Waals surface area contributed by atoms with Crippen molar-refractivity contribution in [3.05, 3.63) is 125 Å². The number of hydrogen-bond donors (Lipinski definition) is 0. The summed E-state index contributed by atoms with van der Waals surface area (Å²) in [6.45, 7) is 0. The lowest BCUT2D eigenvalue weighted by Crippen LogP contribution is -2.14. The van der Waals surface area contributed by atoms with Crippen molar-refractivity contribution >= 4 is 44.0 Å². The highest BCUT2D eigenvalue weighted by Gasteiger charge is 2.28. The molecular weight excluding hydrogens is 515 g/mol. The van der Waals surface area contributed by atoms with Crippen LogP contribution in [0.4, 0.5) is 4.39 Å². The van der Waals surface area contributed by atoms with E-state index >= 15 is 0 Å². The average molecular weight is 541 g/mol. The first kappa shape index (κ1) is 24.8. The predicted molar refractivity (Wildman–Crippen MR) is 162 cm³/mol. The van der Waals surface area contributed by atoms with Crippen LogP contribution in [0.1, 0.15) is 54.2 Å². The third-order valence-corrected chi connectivity index (χ3v) is 8.88. The highest BCUT2D eigenvalue weighted by atomic mass is 35.5. The molecule has 0 unspecified atom stereocenters. The Balaban J connectivity index is 1.32. The minimum absolute atomic E-state index is 0.229. The summed E-state index contributed by atoms with van der Waals surface area (Å²) in [4.78, 5) is 4.45. The molecule has 0 amide bonds. The zero-order valence-corrected chi connectivity index (χ0v) is 22.6. The van der Waals surface area contributed by atoms with Crippen molar-refractivity contribution in [3.8, 4) is 17.2 Å². The van der Waals surface area contributed by atoms with Gasteiger partial charge in [-0.15, -0.1) is 0 Å². The van der Waals surface area contributed by atoms with Gasteiger partial charge in [-0.05, 0) is 130 Å². The second-order valence-electron chi connectivity index (χ2n) is 10.9. The van der Waals surface area contributed by atoms with Crippen LogP contribution in [0.2, 0.25) is 5.02 Å². The molecule has 2 nitrogen and oxygen atoms in total. The first-order valence-corrected chi connectivity index (χ1v) is 14.2. The molecule has 1 saturated carbocycles. The number of pyridine rings is 1. The summed E-state index contributed by atoms with van der Waals surface area (Å²) < 4.78 is 14.1. The lowest BCUT2D eigenvalue weighted by atomic mass is 9.73. The van der Waals surface area contributed by atoms with Crippen molar-refractivity contribution in [2.24, 2.45) is 0 Å². The summed E-state index contributed by atoms with van der Waals surface area (Å²) in [6, 6.07) is 32.4. The number of hydrogen-bond acceptors (Lipinski definition) is 2. The van der Waals surface area contributed by atoms with E-state index in [1.807, 2.05) is 36.5 Å². The van der Waals surface area contributed by atoms with Gasteiger partial charge in [0.15, 0.2) is 0 Å². The Morgan fingerprint density at radius 1 is 0.725 bits per heavy atom. The van der Waals surface area contributed by atoms with E-state index in [2.05, 4.69) is 53.5 Å². The van der Waals surface area contributed by atoms with Crippen LogP contribution in [0, 0.1) is 17.1 Å². The Labute approximate surface area is 237 Å². The molecule has 0 atom stereocenters. The normalized spacial score (nSPS) is 17.3. The third-order valence-electron chi connectivity index (χ3n) is 8.63. The molecule has 0 N–H and O–H groups in total. The van der Waals surface area contributed by atoms with Crippen molar-refractivity contribution in [2.75, 3.05) is 0 Å². The monoisotopic (exact) mass is 540 g/mol. The standard InChI is InChI=1S/C36H26ClFN2/c37-28-11-9-24(10-12-28)36-32-18-26-4-2-1-3-25(26)17-27(32)19-31(34(36)21-39)23-7-5-22(6-8-23)30-15-16-40-35-14-13-29(38)20-33(30)35/h1-4,9-20,22-23H,5-8H2. The molecule has 1 aromatic heterocycles.